The van der Waals surface area contributed by atoms with E-state index in [1.54, 1.807) is 0 Å². The summed E-state index contributed by atoms with van der Waals surface area (Å²) in [6.07, 6.45) is -2.88. The highest BCUT2D eigenvalue weighted by molar-refractivity contribution is 5.74. The number of urea groups is 1. The van der Waals surface area contributed by atoms with Gasteiger partial charge in [0.25, 0.3) is 0 Å². The van der Waals surface area contributed by atoms with Crippen LogP contribution in [0.1, 0.15) is 19.8 Å². The molecule has 0 radical (unpaired) electrons. The second-order valence-corrected chi connectivity index (χ2v) is 4.57. The molecule has 0 aromatic rings. The van der Waals surface area contributed by atoms with Crippen LogP contribution in [0.5, 0.6) is 0 Å². The first-order valence-corrected chi connectivity index (χ1v) is 5.54. The van der Waals surface area contributed by atoms with Crippen LogP contribution in [0.15, 0.2) is 0 Å². The van der Waals surface area contributed by atoms with Crippen LogP contribution in [-0.4, -0.2) is 49.3 Å². The van der Waals surface area contributed by atoms with Crippen molar-refractivity contribution in [2.24, 2.45) is 0 Å². The third-order valence-electron chi connectivity index (χ3n) is 3.20. The molecule has 0 aromatic carbocycles. The van der Waals surface area contributed by atoms with E-state index in [2.05, 4.69) is 5.32 Å². The predicted molar refractivity (Wildman–Crippen MR) is 57.7 cm³/mol. The number of alkyl halides is 3. The zero-order valence-corrected chi connectivity index (χ0v) is 10.0. The number of carbonyl (C=O) groups excluding carboxylic acids is 1. The molecule has 0 aromatic heterocycles. The van der Waals surface area contributed by atoms with Gasteiger partial charge in [0.05, 0.1) is 0 Å². The Bertz CT molecular complexity index is 272. The third-order valence-corrected chi connectivity index (χ3v) is 3.20. The minimum Gasteiger partial charge on any atom is -0.329 e. The van der Waals surface area contributed by atoms with Crippen molar-refractivity contribution in [3.05, 3.63) is 0 Å². The summed E-state index contributed by atoms with van der Waals surface area (Å²) in [7, 11) is 1.85. The Hall–Kier alpha value is -0.980. The van der Waals surface area contributed by atoms with E-state index in [-0.39, 0.29) is 5.54 Å². The molecule has 4 nitrogen and oxygen atoms in total. The monoisotopic (exact) mass is 253 g/mol. The van der Waals surface area contributed by atoms with Gasteiger partial charge in [-0.25, -0.2) is 4.79 Å². The van der Waals surface area contributed by atoms with Crippen LogP contribution in [0.3, 0.4) is 0 Å². The molecule has 0 bridgehead atoms. The van der Waals surface area contributed by atoms with Gasteiger partial charge < -0.3 is 15.5 Å². The molecule has 0 aliphatic carbocycles. The van der Waals surface area contributed by atoms with Crippen molar-refractivity contribution in [2.75, 3.05) is 26.7 Å². The minimum absolute atomic E-state index is 0.0270. The van der Waals surface area contributed by atoms with Crippen LogP contribution in [0.2, 0.25) is 0 Å². The SMILES string of the molecule is CNC1(C)CCN(C(=O)NCC(F)(F)F)CC1. The molecule has 7 heteroatoms. The van der Waals surface area contributed by atoms with Crippen molar-refractivity contribution >= 4 is 6.03 Å². The molecule has 0 atom stereocenters. The maximum Gasteiger partial charge on any atom is 0.405 e. The molecule has 0 spiro atoms. The zero-order chi connectivity index (χ0) is 13.1. The lowest BCUT2D eigenvalue weighted by Gasteiger charge is -2.39. The van der Waals surface area contributed by atoms with E-state index in [1.807, 2.05) is 19.3 Å². The fourth-order valence-electron chi connectivity index (χ4n) is 1.74. The summed E-state index contributed by atoms with van der Waals surface area (Å²) in [6, 6.07) is -0.638. The van der Waals surface area contributed by atoms with Crippen LogP contribution in [0.25, 0.3) is 0 Å². The zero-order valence-electron chi connectivity index (χ0n) is 10.0. The van der Waals surface area contributed by atoms with Gasteiger partial charge in [-0.15, -0.1) is 0 Å². The maximum atomic E-state index is 11.9. The van der Waals surface area contributed by atoms with Gasteiger partial charge in [-0.05, 0) is 26.8 Å². The lowest BCUT2D eigenvalue weighted by Crippen LogP contribution is -2.54. The number of halogens is 3. The fourth-order valence-corrected chi connectivity index (χ4v) is 1.74. The second kappa shape index (κ2) is 5.12. The van der Waals surface area contributed by atoms with Crippen LogP contribution in [-0.2, 0) is 0 Å². The van der Waals surface area contributed by atoms with Gasteiger partial charge in [0, 0.05) is 18.6 Å². The summed E-state index contributed by atoms with van der Waals surface area (Å²) in [5.41, 5.74) is -0.0270. The number of piperidine rings is 1. The molecule has 0 unspecified atom stereocenters. The van der Waals surface area contributed by atoms with Crippen molar-refractivity contribution in [3.63, 3.8) is 0 Å². The van der Waals surface area contributed by atoms with Gasteiger partial charge in [-0.1, -0.05) is 0 Å². The minimum atomic E-state index is -4.36. The Morgan fingerprint density at radius 2 is 1.88 bits per heavy atom. The van der Waals surface area contributed by atoms with Crippen LogP contribution >= 0.6 is 0 Å². The van der Waals surface area contributed by atoms with Crippen molar-refractivity contribution in [1.82, 2.24) is 15.5 Å². The van der Waals surface area contributed by atoms with E-state index in [0.29, 0.717) is 13.1 Å². The molecule has 1 aliphatic heterocycles. The summed E-state index contributed by atoms with van der Waals surface area (Å²) in [5.74, 6) is 0. The molecule has 1 saturated heterocycles. The summed E-state index contributed by atoms with van der Waals surface area (Å²) in [5, 5.41) is 5.04. The van der Waals surface area contributed by atoms with Crippen molar-refractivity contribution in [1.29, 1.82) is 0 Å². The first-order valence-electron chi connectivity index (χ1n) is 5.54. The number of likely N-dealkylation sites (tertiary alicyclic amines) is 1. The number of carbonyl (C=O) groups is 1. The number of rotatable bonds is 2. The summed E-state index contributed by atoms with van der Waals surface area (Å²) in [6.45, 7) is 1.71. The summed E-state index contributed by atoms with van der Waals surface area (Å²) < 4.78 is 35.8. The van der Waals surface area contributed by atoms with Crippen LogP contribution in [0, 0.1) is 0 Å². The summed E-state index contributed by atoms with van der Waals surface area (Å²) in [4.78, 5) is 12.9. The number of hydrogen-bond acceptors (Lipinski definition) is 2. The molecular formula is C10H18F3N3O. The molecule has 1 heterocycles. The first-order chi connectivity index (χ1) is 7.76. The lowest BCUT2D eigenvalue weighted by atomic mass is 9.90. The smallest absolute Gasteiger partial charge is 0.329 e. The van der Waals surface area contributed by atoms with Gasteiger partial charge in [0.1, 0.15) is 6.54 Å². The van der Waals surface area contributed by atoms with Crippen molar-refractivity contribution < 1.29 is 18.0 Å². The van der Waals surface area contributed by atoms with Crippen LogP contribution in [0.4, 0.5) is 18.0 Å². The molecule has 2 N–H and O–H groups in total. The van der Waals surface area contributed by atoms with Gasteiger partial charge in [0.15, 0.2) is 0 Å². The molecule has 1 fully saturated rings. The number of nitrogens with one attached hydrogen (secondary N) is 2. The number of nitrogens with zero attached hydrogens (tertiary/aromatic N) is 1. The Labute approximate surface area is 98.5 Å². The van der Waals surface area contributed by atoms with Gasteiger partial charge in [0.2, 0.25) is 0 Å². The lowest BCUT2D eigenvalue weighted by molar-refractivity contribution is -0.123. The van der Waals surface area contributed by atoms with E-state index in [4.69, 9.17) is 0 Å². The quantitative estimate of drug-likeness (QED) is 0.780. The molecular weight excluding hydrogens is 235 g/mol. The van der Waals surface area contributed by atoms with Gasteiger partial charge in [-0.2, -0.15) is 13.2 Å². The second-order valence-electron chi connectivity index (χ2n) is 4.57. The highest BCUT2D eigenvalue weighted by Gasteiger charge is 2.32. The number of amides is 2. The number of hydrogen-bond donors (Lipinski definition) is 2. The average Bonchev–Trinajstić information content (AvgIpc) is 2.26. The largest absolute Gasteiger partial charge is 0.405 e. The molecule has 100 valence electrons. The van der Waals surface area contributed by atoms with E-state index in [9.17, 15) is 18.0 Å². The Morgan fingerprint density at radius 3 is 2.29 bits per heavy atom. The third kappa shape index (κ3) is 4.41. The fraction of sp³-hybridized carbons (Fsp3) is 0.900. The normalized spacial score (nSPS) is 20.2. The van der Waals surface area contributed by atoms with E-state index >= 15 is 0 Å². The highest BCUT2D eigenvalue weighted by Crippen LogP contribution is 2.21. The Morgan fingerprint density at radius 1 is 1.35 bits per heavy atom. The molecule has 2 amide bonds. The first kappa shape index (κ1) is 14.1. The Balaban J connectivity index is 2.36. The van der Waals surface area contributed by atoms with Crippen molar-refractivity contribution in [2.45, 2.75) is 31.5 Å². The molecule has 1 aliphatic rings. The highest BCUT2D eigenvalue weighted by atomic mass is 19.4. The maximum absolute atomic E-state index is 11.9. The standard InChI is InChI=1S/C10H18F3N3O/c1-9(14-2)3-5-16(6-4-9)8(17)15-7-10(11,12)13/h14H,3-7H2,1-2H3,(H,15,17). The van der Waals surface area contributed by atoms with E-state index in [0.717, 1.165) is 12.8 Å². The van der Waals surface area contributed by atoms with Gasteiger partial charge in [-0.3, -0.25) is 0 Å². The topological polar surface area (TPSA) is 44.4 Å². The van der Waals surface area contributed by atoms with Gasteiger partial charge >= 0.3 is 12.2 Å². The van der Waals surface area contributed by atoms with Crippen LogP contribution < -0.4 is 10.6 Å². The predicted octanol–water partition coefficient (Wildman–Crippen LogP) is 1.33. The summed E-state index contributed by atoms with van der Waals surface area (Å²) >= 11 is 0. The van der Waals surface area contributed by atoms with E-state index in [1.165, 1.54) is 4.90 Å². The molecule has 17 heavy (non-hydrogen) atoms. The average molecular weight is 253 g/mol. The molecule has 1 rings (SSSR count). The molecule has 0 saturated carbocycles. The van der Waals surface area contributed by atoms with Crippen molar-refractivity contribution in [3.8, 4) is 0 Å². The Kier molecular flexibility index (Phi) is 4.24. The van der Waals surface area contributed by atoms with E-state index < -0.39 is 18.8 Å².